The minimum absolute atomic E-state index is 0.0285. The third kappa shape index (κ3) is 3.85. The van der Waals surface area contributed by atoms with E-state index in [0.717, 1.165) is 27.7 Å². The predicted molar refractivity (Wildman–Crippen MR) is 107 cm³/mol. The number of carbonyl (C=O) groups is 1. The molecule has 2 aromatic carbocycles. The van der Waals surface area contributed by atoms with E-state index in [9.17, 15) is 4.79 Å². The van der Waals surface area contributed by atoms with Crippen LogP contribution in [0.3, 0.4) is 0 Å². The molecule has 0 spiro atoms. The summed E-state index contributed by atoms with van der Waals surface area (Å²) >= 11 is 1.45. The number of benzene rings is 2. The maximum atomic E-state index is 12.7. The van der Waals surface area contributed by atoms with Crippen molar-refractivity contribution in [2.45, 2.75) is 27.2 Å². The Kier molecular flexibility index (Phi) is 5.39. The van der Waals surface area contributed by atoms with Gasteiger partial charge < -0.3 is 0 Å². The molecule has 1 amide bonds. The van der Waals surface area contributed by atoms with Crippen molar-refractivity contribution < 1.29 is 4.79 Å². The largest absolute Gasteiger partial charge is 0.287 e. The molecule has 3 rings (SSSR count). The van der Waals surface area contributed by atoms with Gasteiger partial charge in [0.15, 0.2) is 5.17 Å². The smallest absolute Gasteiger partial charge is 0.266 e. The van der Waals surface area contributed by atoms with Crippen molar-refractivity contribution in [1.82, 2.24) is 4.90 Å². The first kappa shape index (κ1) is 17.5. The number of para-hydroxylation sites is 1. The van der Waals surface area contributed by atoms with Crippen LogP contribution in [0, 0.1) is 6.92 Å². The molecular weight excluding hydrogens is 328 g/mol. The lowest BCUT2D eigenvalue weighted by Gasteiger charge is -2.12. The molecule has 1 fully saturated rings. The number of hydrogen-bond acceptors (Lipinski definition) is 3. The predicted octanol–water partition coefficient (Wildman–Crippen LogP) is 5.18. The van der Waals surface area contributed by atoms with Crippen LogP contribution in [0.4, 0.5) is 5.69 Å². The minimum atomic E-state index is 0.0285. The molecular formula is C21H22N2OS. The Bertz CT molecular complexity index is 837. The van der Waals surface area contributed by atoms with Crippen LogP contribution in [0.2, 0.25) is 0 Å². The molecule has 2 aromatic rings. The molecule has 0 atom stereocenters. The summed E-state index contributed by atoms with van der Waals surface area (Å²) in [5.74, 6) is 0.0285. The van der Waals surface area contributed by atoms with Crippen LogP contribution in [-0.4, -0.2) is 22.5 Å². The van der Waals surface area contributed by atoms with Gasteiger partial charge in [0, 0.05) is 6.54 Å². The topological polar surface area (TPSA) is 32.7 Å². The van der Waals surface area contributed by atoms with Gasteiger partial charge in [0.2, 0.25) is 0 Å². The van der Waals surface area contributed by atoms with Gasteiger partial charge in [-0.3, -0.25) is 9.69 Å². The van der Waals surface area contributed by atoms with Gasteiger partial charge in [-0.25, -0.2) is 4.99 Å². The first-order valence-corrected chi connectivity index (χ1v) is 9.38. The highest BCUT2D eigenvalue weighted by Gasteiger charge is 2.32. The maximum Gasteiger partial charge on any atom is 0.266 e. The number of carbonyl (C=O) groups excluding carboxylic acids is 1. The summed E-state index contributed by atoms with van der Waals surface area (Å²) in [5.41, 5.74) is 4.37. The Morgan fingerprint density at radius 1 is 1.08 bits per heavy atom. The van der Waals surface area contributed by atoms with E-state index in [1.807, 2.05) is 43.3 Å². The molecule has 1 aliphatic heterocycles. The van der Waals surface area contributed by atoms with Crippen LogP contribution in [0.5, 0.6) is 0 Å². The van der Waals surface area contributed by atoms with Gasteiger partial charge in [-0.2, -0.15) is 0 Å². The molecule has 0 saturated carbocycles. The first-order valence-electron chi connectivity index (χ1n) is 8.57. The van der Waals surface area contributed by atoms with Gasteiger partial charge in [-0.15, -0.1) is 0 Å². The zero-order chi connectivity index (χ0) is 17.8. The normalized spacial score (nSPS) is 17.7. The van der Waals surface area contributed by atoms with Gasteiger partial charge in [-0.05, 0) is 55.3 Å². The lowest BCUT2D eigenvalue weighted by molar-refractivity contribution is -0.122. The van der Waals surface area contributed by atoms with Crippen LogP contribution >= 0.6 is 11.8 Å². The Morgan fingerprint density at radius 3 is 2.48 bits per heavy atom. The summed E-state index contributed by atoms with van der Waals surface area (Å²) in [4.78, 5) is 20.0. The second kappa shape index (κ2) is 7.70. The van der Waals surface area contributed by atoms with Crippen molar-refractivity contribution in [1.29, 1.82) is 0 Å². The third-order valence-electron chi connectivity index (χ3n) is 4.17. The Balaban J connectivity index is 1.95. The number of thioether (sulfide) groups is 1. The van der Waals surface area contributed by atoms with Gasteiger partial charge in [0.05, 0.1) is 10.6 Å². The average Bonchev–Trinajstić information content (AvgIpc) is 2.92. The van der Waals surface area contributed by atoms with E-state index in [2.05, 4.69) is 32.0 Å². The Morgan fingerprint density at radius 2 is 1.80 bits per heavy atom. The SMILES string of the molecule is CCc1ccccc1N=C1S/C(=C/c2ccc(C)cc2)C(=O)N1CC. The van der Waals surface area contributed by atoms with Crippen molar-refractivity contribution >= 4 is 34.6 Å². The maximum absolute atomic E-state index is 12.7. The highest BCUT2D eigenvalue weighted by atomic mass is 32.2. The molecule has 1 saturated heterocycles. The van der Waals surface area contributed by atoms with Gasteiger partial charge in [0.25, 0.3) is 5.91 Å². The molecule has 0 N–H and O–H groups in total. The fourth-order valence-electron chi connectivity index (χ4n) is 2.71. The molecule has 0 aromatic heterocycles. The molecule has 1 aliphatic rings. The van der Waals surface area contributed by atoms with E-state index in [-0.39, 0.29) is 5.91 Å². The van der Waals surface area contributed by atoms with E-state index in [4.69, 9.17) is 4.99 Å². The zero-order valence-corrected chi connectivity index (χ0v) is 15.6. The molecule has 0 radical (unpaired) electrons. The number of amides is 1. The Labute approximate surface area is 153 Å². The molecule has 3 nitrogen and oxygen atoms in total. The first-order chi connectivity index (χ1) is 12.1. The molecule has 128 valence electrons. The monoisotopic (exact) mass is 350 g/mol. The number of hydrogen-bond donors (Lipinski definition) is 0. The molecule has 0 unspecified atom stereocenters. The highest BCUT2D eigenvalue weighted by molar-refractivity contribution is 8.18. The van der Waals surface area contributed by atoms with Crippen molar-refractivity contribution in [3.63, 3.8) is 0 Å². The van der Waals surface area contributed by atoms with Crippen molar-refractivity contribution in [3.05, 3.63) is 70.1 Å². The molecule has 0 aliphatic carbocycles. The second-order valence-electron chi connectivity index (χ2n) is 5.95. The van der Waals surface area contributed by atoms with E-state index < -0.39 is 0 Å². The number of amidine groups is 1. The van der Waals surface area contributed by atoms with Gasteiger partial charge >= 0.3 is 0 Å². The fraction of sp³-hybridized carbons (Fsp3) is 0.238. The van der Waals surface area contributed by atoms with Crippen molar-refractivity contribution in [2.75, 3.05) is 6.54 Å². The molecule has 1 heterocycles. The standard InChI is InChI=1S/C21H22N2OS/c1-4-17-8-6-7-9-18(17)22-21-23(5-2)20(24)19(25-21)14-16-12-10-15(3)11-13-16/h6-14H,4-5H2,1-3H3/b19-14+,22-21?. The lowest BCUT2D eigenvalue weighted by atomic mass is 10.1. The third-order valence-corrected chi connectivity index (χ3v) is 5.17. The molecule has 4 heteroatoms. The molecule has 0 bridgehead atoms. The second-order valence-corrected chi connectivity index (χ2v) is 6.96. The van der Waals surface area contributed by atoms with Crippen molar-refractivity contribution in [2.24, 2.45) is 4.99 Å². The van der Waals surface area contributed by atoms with Crippen LogP contribution in [-0.2, 0) is 11.2 Å². The average molecular weight is 350 g/mol. The number of nitrogens with zero attached hydrogens (tertiary/aromatic N) is 2. The Hall–Kier alpha value is -2.33. The fourth-order valence-corrected chi connectivity index (χ4v) is 3.76. The summed E-state index contributed by atoms with van der Waals surface area (Å²) in [6.07, 6.45) is 2.87. The summed E-state index contributed by atoms with van der Waals surface area (Å²) in [5, 5.41) is 0.756. The van der Waals surface area contributed by atoms with Crippen LogP contribution < -0.4 is 0 Å². The van der Waals surface area contributed by atoms with Crippen molar-refractivity contribution in [3.8, 4) is 0 Å². The number of rotatable bonds is 4. The number of likely N-dealkylation sites (N-methyl/N-ethyl adjacent to an activating group) is 1. The summed E-state index contributed by atoms with van der Waals surface area (Å²) in [6, 6.07) is 16.3. The van der Waals surface area contributed by atoms with Crippen LogP contribution in [0.15, 0.2) is 58.4 Å². The minimum Gasteiger partial charge on any atom is -0.287 e. The number of aliphatic imine (C=N–C) groups is 1. The summed E-state index contributed by atoms with van der Waals surface area (Å²) < 4.78 is 0. The zero-order valence-electron chi connectivity index (χ0n) is 14.8. The summed E-state index contributed by atoms with van der Waals surface area (Å²) in [6.45, 7) is 6.77. The van der Waals surface area contributed by atoms with E-state index in [1.165, 1.54) is 22.9 Å². The van der Waals surface area contributed by atoms with E-state index in [0.29, 0.717) is 6.54 Å². The quantitative estimate of drug-likeness (QED) is 0.712. The van der Waals surface area contributed by atoms with E-state index in [1.54, 1.807) is 4.90 Å². The van der Waals surface area contributed by atoms with Gasteiger partial charge in [0.1, 0.15) is 0 Å². The number of aryl methyl sites for hydroxylation is 2. The van der Waals surface area contributed by atoms with Crippen LogP contribution in [0.25, 0.3) is 6.08 Å². The van der Waals surface area contributed by atoms with Gasteiger partial charge in [-0.1, -0.05) is 55.0 Å². The highest BCUT2D eigenvalue weighted by Crippen LogP contribution is 2.34. The lowest BCUT2D eigenvalue weighted by Crippen LogP contribution is -2.28. The summed E-state index contributed by atoms with van der Waals surface area (Å²) in [7, 11) is 0. The van der Waals surface area contributed by atoms with E-state index >= 15 is 0 Å². The molecule has 25 heavy (non-hydrogen) atoms. The van der Waals surface area contributed by atoms with Crippen LogP contribution in [0.1, 0.15) is 30.5 Å².